The number of amides is 2. The van der Waals surface area contributed by atoms with Gasteiger partial charge in [-0.25, -0.2) is 0 Å². The molecule has 3 rings (SSSR count). The zero-order valence-electron chi connectivity index (χ0n) is 18.4. The maximum atomic E-state index is 12.9. The molecule has 0 saturated carbocycles. The summed E-state index contributed by atoms with van der Waals surface area (Å²) in [5.74, 6) is -3.58. The molecule has 2 aromatic carbocycles. The molecule has 0 aromatic heterocycles. The second-order valence-corrected chi connectivity index (χ2v) is 10.3. The Bertz CT molecular complexity index is 1260. The number of nitrogens with zero attached hydrogens (tertiary/aromatic N) is 1. The first-order valence-corrected chi connectivity index (χ1v) is 12.9. The van der Waals surface area contributed by atoms with E-state index >= 15 is 0 Å². The van der Waals surface area contributed by atoms with Gasteiger partial charge in [0.15, 0.2) is 0 Å². The minimum atomic E-state index is -1.28. The number of benzene rings is 2. The molecule has 0 spiro atoms. The molecular formula is C23H18Br2ClN3O5S. The van der Waals surface area contributed by atoms with Crippen molar-refractivity contribution in [2.24, 2.45) is 5.92 Å². The van der Waals surface area contributed by atoms with Crippen LogP contribution in [0.3, 0.4) is 0 Å². The quantitative estimate of drug-likeness (QED) is 0.323. The van der Waals surface area contributed by atoms with Gasteiger partial charge in [0, 0.05) is 10.4 Å². The minimum Gasteiger partial charge on any atom is -0.496 e. The highest BCUT2D eigenvalue weighted by Crippen LogP contribution is 2.42. The summed E-state index contributed by atoms with van der Waals surface area (Å²) in [4.78, 5) is 38.0. The second kappa shape index (κ2) is 11.9. The summed E-state index contributed by atoms with van der Waals surface area (Å²) in [6.07, 6.45) is 0. The molecule has 1 heterocycles. The largest absolute Gasteiger partial charge is 0.496 e. The number of nitrogens with one attached hydrogen (secondary N) is 2. The Kier molecular flexibility index (Phi) is 9.24. The fraction of sp³-hybridized carbons (Fsp3) is 0.217. The van der Waals surface area contributed by atoms with Gasteiger partial charge >= 0.3 is 5.97 Å². The van der Waals surface area contributed by atoms with Crippen LogP contribution in [0, 0.1) is 17.2 Å². The third kappa shape index (κ3) is 6.19. The number of anilines is 1. The average molecular weight is 644 g/mol. The Hall–Kier alpha value is -2.52. The standard InChI is InChI=1S/C23H18Br2ClN3O5S/c1-33-17-6-3-11(7-14(17)25)19-13(9-27)22(29-21(31)20(19)23(32)34-2)35-10-18(30)28-16-5-4-12(24)8-15(16)26/h3-8,19-20H,10H2,1-2H3,(H,28,30)(H,29,31)/t19-,20+/m0/s1. The molecule has 12 heteroatoms. The van der Waals surface area contributed by atoms with Crippen LogP contribution >= 0.6 is 55.2 Å². The van der Waals surface area contributed by atoms with Crippen molar-refractivity contribution in [3.63, 3.8) is 0 Å². The van der Waals surface area contributed by atoms with Crippen molar-refractivity contribution in [1.82, 2.24) is 5.32 Å². The van der Waals surface area contributed by atoms with Crippen molar-refractivity contribution < 1.29 is 23.9 Å². The molecule has 35 heavy (non-hydrogen) atoms. The first-order chi connectivity index (χ1) is 16.7. The first-order valence-electron chi connectivity index (χ1n) is 9.94. The lowest BCUT2D eigenvalue weighted by molar-refractivity contribution is -0.150. The number of rotatable bonds is 7. The van der Waals surface area contributed by atoms with Gasteiger partial charge in [0.1, 0.15) is 11.7 Å². The van der Waals surface area contributed by atoms with E-state index in [-0.39, 0.29) is 16.4 Å². The molecule has 0 aliphatic carbocycles. The van der Waals surface area contributed by atoms with Gasteiger partial charge in [-0.1, -0.05) is 45.4 Å². The van der Waals surface area contributed by atoms with Gasteiger partial charge < -0.3 is 20.1 Å². The molecule has 8 nitrogen and oxygen atoms in total. The van der Waals surface area contributed by atoms with Gasteiger partial charge in [-0.3, -0.25) is 14.4 Å². The lowest BCUT2D eigenvalue weighted by Crippen LogP contribution is -2.44. The van der Waals surface area contributed by atoms with Crippen molar-refractivity contribution in [3.05, 3.63) is 66.5 Å². The number of allylic oxidation sites excluding steroid dienone is 1. The number of esters is 1. The van der Waals surface area contributed by atoms with Crippen molar-refractivity contribution in [2.45, 2.75) is 5.92 Å². The summed E-state index contributed by atoms with van der Waals surface area (Å²) in [6.45, 7) is 0. The Labute approximate surface area is 227 Å². The maximum Gasteiger partial charge on any atom is 0.319 e. The molecular weight excluding hydrogens is 626 g/mol. The molecule has 0 unspecified atom stereocenters. The van der Waals surface area contributed by atoms with Crippen molar-refractivity contribution in [3.8, 4) is 11.8 Å². The molecule has 182 valence electrons. The van der Waals surface area contributed by atoms with Crippen LogP contribution in [0.25, 0.3) is 0 Å². The van der Waals surface area contributed by atoms with Crippen LogP contribution in [-0.2, 0) is 19.1 Å². The van der Waals surface area contributed by atoms with Crippen LogP contribution in [0.2, 0.25) is 5.02 Å². The van der Waals surface area contributed by atoms with Crippen molar-refractivity contribution >= 4 is 78.7 Å². The van der Waals surface area contributed by atoms with E-state index in [1.54, 1.807) is 36.4 Å². The van der Waals surface area contributed by atoms with Crippen molar-refractivity contribution in [1.29, 1.82) is 5.26 Å². The number of hydrogen-bond acceptors (Lipinski definition) is 7. The molecule has 0 radical (unpaired) electrons. The van der Waals surface area contributed by atoms with Crippen LogP contribution in [0.1, 0.15) is 11.5 Å². The number of hydrogen-bond donors (Lipinski definition) is 2. The molecule has 1 aliphatic rings. The summed E-state index contributed by atoms with van der Waals surface area (Å²) >= 11 is 13.8. The van der Waals surface area contributed by atoms with E-state index in [2.05, 4.69) is 48.6 Å². The summed E-state index contributed by atoms with van der Waals surface area (Å²) in [7, 11) is 2.68. The van der Waals surface area contributed by atoms with E-state index in [0.29, 0.717) is 26.5 Å². The second-order valence-electron chi connectivity index (χ2n) is 7.18. The predicted molar refractivity (Wildman–Crippen MR) is 140 cm³/mol. The number of nitriles is 1. The fourth-order valence-electron chi connectivity index (χ4n) is 3.47. The van der Waals surface area contributed by atoms with Crippen molar-refractivity contribution in [2.75, 3.05) is 25.3 Å². The summed E-state index contributed by atoms with van der Waals surface area (Å²) < 4.78 is 11.4. The van der Waals surface area contributed by atoms with Gasteiger partial charge in [-0.15, -0.1) is 0 Å². The molecule has 0 fully saturated rings. The number of thioether (sulfide) groups is 1. The summed E-state index contributed by atoms with van der Waals surface area (Å²) in [5, 5.41) is 15.8. The summed E-state index contributed by atoms with van der Waals surface area (Å²) in [6, 6.07) is 12.1. The van der Waals surface area contributed by atoms with Gasteiger partial charge in [-0.05, 0) is 51.8 Å². The normalized spacial score (nSPS) is 17.3. The zero-order chi connectivity index (χ0) is 25.7. The number of methoxy groups -OCH3 is 2. The van der Waals surface area contributed by atoms with Crippen LogP contribution < -0.4 is 15.4 Å². The highest BCUT2D eigenvalue weighted by Gasteiger charge is 2.44. The number of carbonyl (C=O) groups is 3. The smallest absolute Gasteiger partial charge is 0.319 e. The number of ether oxygens (including phenoxy) is 2. The lowest BCUT2D eigenvalue weighted by atomic mass is 9.78. The SMILES string of the molecule is COC(=O)[C@H]1C(=O)NC(SCC(=O)Nc2ccc(Br)cc2Cl)=C(C#N)[C@@H]1c1ccc(OC)c(Br)c1. The highest BCUT2D eigenvalue weighted by atomic mass is 79.9. The lowest BCUT2D eigenvalue weighted by Gasteiger charge is -2.31. The number of halogens is 3. The van der Waals surface area contributed by atoms with Crippen LogP contribution in [0.4, 0.5) is 5.69 Å². The number of carbonyl (C=O) groups excluding carboxylic acids is 3. The molecule has 0 saturated heterocycles. The third-order valence-corrected chi connectivity index (χ3v) is 7.51. The Morgan fingerprint density at radius 3 is 2.57 bits per heavy atom. The first kappa shape index (κ1) is 27.1. The Morgan fingerprint density at radius 2 is 1.97 bits per heavy atom. The fourth-order valence-corrected chi connectivity index (χ4v) is 5.60. The monoisotopic (exact) mass is 641 g/mol. The van der Waals surface area contributed by atoms with Gasteiger partial charge in [0.05, 0.1) is 51.8 Å². The van der Waals surface area contributed by atoms with Gasteiger partial charge in [-0.2, -0.15) is 5.26 Å². The van der Waals surface area contributed by atoms with E-state index in [1.165, 1.54) is 14.2 Å². The minimum absolute atomic E-state index is 0.116. The average Bonchev–Trinajstić information content (AvgIpc) is 2.83. The molecule has 0 bridgehead atoms. The third-order valence-electron chi connectivity index (χ3n) is 5.07. The van der Waals surface area contributed by atoms with Crippen LogP contribution in [0.15, 0.2) is 55.9 Å². The molecule has 1 aliphatic heterocycles. The Balaban J connectivity index is 1.92. The van der Waals surface area contributed by atoms with Gasteiger partial charge in [0.2, 0.25) is 11.8 Å². The van der Waals surface area contributed by atoms with E-state index in [9.17, 15) is 19.6 Å². The van der Waals surface area contributed by atoms with E-state index in [4.69, 9.17) is 21.1 Å². The van der Waals surface area contributed by atoms with Crippen LogP contribution in [0.5, 0.6) is 5.75 Å². The Morgan fingerprint density at radius 1 is 1.23 bits per heavy atom. The molecule has 2 aromatic rings. The van der Waals surface area contributed by atoms with Crippen LogP contribution in [-0.4, -0.2) is 37.8 Å². The van der Waals surface area contributed by atoms with E-state index < -0.39 is 29.6 Å². The van der Waals surface area contributed by atoms with Gasteiger partial charge in [0.25, 0.3) is 0 Å². The highest BCUT2D eigenvalue weighted by molar-refractivity contribution is 9.10. The maximum absolute atomic E-state index is 12.9. The topological polar surface area (TPSA) is 118 Å². The molecule has 2 amide bonds. The zero-order valence-corrected chi connectivity index (χ0v) is 23.1. The summed E-state index contributed by atoms with van der Waals surface area (Å²) in [5.41, 5.74) is 1.09. The predicted octanol–water partition coefficient (Wildman–Crippen LogP) is 4.98. The molecule has 2 N–H and O–H groups in total. The van der Waals surface area contributed by atoms with E-state index in [0.717, 1.165) is 16.2 Å². The van der Waals surface area contributed by atoms with E-state index in [1.807, 2.05) is 0 Å². The molecule has 2 atom stereocenters.